The molecule has 0 saturated heterocycles. The SMILES string of the molecule is CC(NC(=O)[C@H]1Cc2ccccc2CN1)C1CCCCC1. The number of rotatable bonds is 3. The highest BCUT2D eigenvalue weighted by Gasteiger charge is 2.27. The topological polar surface area (TPSA) is 41.1 Å². The highest BCUT2D eigenvalue weighted by Crippen LogP contribution is 2.26. The van der Waals surface area contributed by atoms with Crippen molar-refractivity contribution in [3.05, 3.63) is 35.4 Å². The van der Waals surface area contributed by atoms with Crippen molar-refractivity contribution in [3.8, 4) is 0 Å². The zero-order valence-electron chi connectivity index (χ0n) is 12.9. The van der Waals surface area contributed by atoms with Crippen LogP contribution in [0.5, 0.6) is 0 Å². The van der Waals surface area contributed by atoms with Gasteiger partial charge in [-0.2, -0.15) is 0 Å². The van der Waals surface area contributed by atoms with E-state index in [1.807, 2.05) is 0 Å². The zero-order valence-corrected chi connectivity index (χ0v) is 12.9. The molecule has 3 heteroatoms. The molecule has 114 valence electrons. The lowest BCUT2D eigenvalue weighted by Gasteiger charge is -2.31. The summed E-state index contributed by atoms with van der Waals surface area (Å²) < 4.78 is 0. The largest absolute Gasteiger partial charge is 0.352 e. The van der Waals surface area contributed by atoms with E-state index >= 15 is 0 Å². The first-order valence-electron chi connectivity index (χ1n) is 8.34. The standard InChI is InChI=1S/C18H26N2O/c1-13(14-7-3-2-4-8-14)20-18(21)17-11-15-9-5-6-10-16(15)12-19-17/h5-6,9-10,13-14,17,19H,2-4,7-8,11-12H2,1H3,(H,20,21)/t13?,17-/m1/s1. The number of carbonyl (C=O) groups is 1. The number of fused-ring (bicyclic) bond motifs is 1. The van der Waals surface area contributed by atoms with Crippen LogP contribution in [0.2, 0.25) is 0 Å². The maximum Gasteiger partial charge on any atom is 0.237 e. The van der Waals surface area contributed by atoms with E-state index in [-0.39, 0.29) is 11.9 Å². The molecular weight excluding hydrogens is 260 g/mol. The van der Waals surface area contributed by atoms with Gasteiger partial charge in [-0.15, -0.1) is 0 Å². The number of nitrogens with one attached hydrogen (secondary N) is 2. The van der Waals surface area contributed by atoms with E-state index < -0.39 is 0 Å². The fraction of sp³-hybridized carbons (Fsp3) is 0.611. The van der Waals surface area contributed by atoms with Crippen molar-refractivity contribution in [2.45, 2.75) is 64.1 Å². The van der Waals surface area contributed by atoms with Crippen molar-refractivity contribution in [1.29, 1.82) is 0 Å². The van der Waals surface area contributed by atoms with E-state index in [0.29, 0.717) is 12.0 Å². The molecule has 1 aliphatic carbocycles. The number of hydrogen-bond donors (Lipinski definition) is 2. The summed E-state index contributed by atoms with van der Waals surface area (Å²) in [5, 5.41) is 6.62. The lowest BCUT2D eigenvalue weighted by molar-refractivity contribution is -0.124. The van der Waals surface area contributed by atoms with Crippen molar-refractivity contribution >= 4 is 5.91 Å². The first kappa shape index (κ1) is 14.6. The summed E-state index contributed by atoms with van der Waals surface area (Å²) in [5.74, 6) is 0.834. The van der Waals surface area contributed by atoms with E-state index in [1.54, 1.807) is 0 Å². The van der Waals surface area contributed by atoms with Gasteiger partial charge in [0.15, 0.2) is 0 Å². The van der Waals surface area contributed by atoms with Crippen LogP contribution in [0.25, 0.3) is 0 Å². The summed E-state index contributed by atoms with van der Waals surface area (Å²) in [6.07, 6.45) is 7.34. The fourth-order valence-corrected chi connectivity index (χ4v) is 3.72. The first-order valence-corrected chi connectivity index (χ1v) is 8.34. The number of benzene rings is 1. The highest BCUT2D eigenvalue weighted by atomic mass is 16.2. The minimum absolute atomic E-state index is 0.0778. The second-order valence-corrected chi connectivity index (χ2v) is 6.60. The maximum absolute atomic E-state index is 12.5. The summed E-state index contributed by atoms with van der Waals surface area (Å²) in [6, 6.07) is 8.63. The first-order chi connectivity index (χ1) is 10.2. The molecule has 0 spiro atoms. The van der Waals surface area contributed by atoms with Crippen LogP contribution in [0, 0.1) is 5.92 Å². The molecule has 0 bridgehead atoms. The van der Waals surface area contributed by atoms with Gasteiger partial charge >= 0.3 is 0 Å². The highest BCUT2D eigenvalue weighted by molar-refractivity contribution is 5.82. The van der Waals surface area contributed by atoms with Crippen LogP contribution in [0.1, 0.15) is 50.2 Å². The van der Waals surface area contributed by atoms with E-state index in [1.165, 1.54) is 43.2 Å². The van der Waals surface area contributed by atoms with Crippen molar-refractivity contribution < 1.29 is 4.79 Å². The molecule has 1 amide bonds. The number of amides is 1. The van der Waals surface area contributed by atoms with Crippen molar-refractivity contribution in [1.82, 2.24) is 10.6 Å². The Labute approximate surface area is 127 Å². The van der Waals surface area contributed by atoms with Gasteiger partial charge in [-0.25, -0.2) is 0 Å². The third-order valence-corrected chi connectivity index (χ3v) is 5.12. The molecule has 1 saturated carbocycles. The molecule has 1 heterocycles. The minimum Gasteiger partial charge on any atom is -0.352 e. The monoisotopic (exact) mass is 286 g/mol. The van der Waals surface area contributed by atoms with Gasteiger partial charge in [-0.1, -0.05) is 43.5 Å². The Morgan fingerprint density at radius 3 is 2.67 bits per heavy atom. The third kappa shape index (κ3) is 3.46. The number of carbonyl (C=O) groups excluding carboxylic acids is 1. The van der Waals surface area contributed by atoms with Crippen LogP contribution >= 0.6 is 0 Å². The van der Waals surface area contributed by atoms with Crippen LogP contribution in [-0.2, 0) is 17.8 Å². The van der Waals surface area contributed by atoms with E-state index in [4.69, 9.17) is 0 Å². The van der Waals surface area contributed by atoms with Crippen LogP contribution in [0.3, 0.4) is 0 Å². The Bertz CT molecular complexity index is 494. The van der Waals surface area contributed by atoms with Crippen LogP contribution in [-0.4, -0.2) is 18.0 Å². The summed E-state index contributed by atoms with van der Waals surface area (Å²) in [4.78, 5) is 12.5. The normalized spacial score (nSPS) is 24.1. The Morgan fingerprint density at radius 1 is 1.19 bits per heavy atom. The molecule has 0 radical (unpaired) electrons. The number of hydrogen-bond acceptors (Lipinski definition) is 2. The average Bonchev–Trinajstić information content (AvgIpc) is 2.55. The second-order valence-electron chi connectivity index (χ2n) is 6.60. The molecule has 2 atom stereocenters. The molecule has 1 unspecified atom stereocenters. The van der Waals surface area contributed by atoms with Gasteiger partial charge in [0.25, 0.3) is 0 Å². The molecule has 0 aromatic heterocycles. The lowest BCUT2D eigenvalue weighted by Crippen LogP contribution is -2.51. The molecule has 2 N–H and O–H groups in total. The smallest absolute Gasteiger partial charge is 0.237 e. The van der Waals surface area contributed by atoms with Crippen molar-refractivity contribution in [3.63, 3.8) is 0 Å². The molecule has 21 heavy (non-hydrogen) atoms. The summed E-state index contributed by atoms with van der Waals surface area (Å²) in [6.45, 7) is 2.97. The van der Waals surface area contributed by atoms with E-state index in [0.717, 1.165) is 13.0 Å². The lowest BCUT2D eigenvalue weighted by atomic mass is 9.84. The molecule has 1 aromatic carbocycles. The van der Waals surface area contributed by atoms with Crippen LogP contribution < -0.4 is 10.6 Å². The Kier molecular flexibility index (Phi) is 4.59. The molecule has 3 nitrogen and oxygen atoms in total. The van der Waals surface area contributed by atoms with Gasteiger partial charge < -0.3 is 10.6 Å². The summed E-state index contributed by atoms with van der Waals surface area (Å²) in [5.41, 5.74) is 2.63. The van der Waals surface area contributed by atoms with E-state index in [2.05, 4.69) is 41.8 Å². The van der Waals surface area contributed by atoms with Gasteiger partial charge in [-0.05, 0) is 43.2 Å². The molecule has 1 aromatic rings. The van der Waals surface area contributed by atoms with Crippen molar-refractivity contribution in [2.75, 3.05) is 0 Å². The van der Waals surface area contributed by atoms with Gasteiger partial charge in [0, 0.05) is 12.6 Å². The maximum atomic E-state index is 12.5. The summed E-state index contributed by atoms with van der Waals surface area (Å²) >= 11 is 0. The van der Waals surface area contributed by atoms with Gasteiger partial charge in [0.05, 0.1) is 6.04 Å². The van der Waals surface area contributed by atoms with Gasteiger partial charge in [-0.3, -0.25) is 4.79 Å². The molecule has 2 aliphatic rings. The van der Waals surface area contributed by atoms with Gasteiger partial charge in [0.2, 0.25) is 5.91 Å². The predicted octanol–water partition coefficient (Wildman–Crippen LogP) is 2.79. The van der Waals surface area contributed by atoms with Crippen LogP contribution in [0.15, 0.2) is 24.3 Å². The van der Waals surface area contributed by atoms with Gasteiger partial charge in [0.1, 0.15) is 0 Å². The molecule has 1 aliphatic heterocycles. The average molecular weight is 286 g/mol. The molecule has 3 rings (SSSR count). The van der Waals surface area contributed by atoms with E-state index in [9.17, 15) is 4.79 Å². The summed E-state index contributed by atoms with van der Waals surface area (Å²) in [7, 11) is 0. The Balaban J connectivity index is 1.56. The predicted molar refractivity (Wildman–Crippen MR) is 85.0 cm³/mol. The second kappa shape index (κ2) is 6.61. The van der Waals surface area contributed by atoms with Crippen molar-refractivity contribution in [2.24, 2.45) is 5.92 Å². The fourth-order valence-electron chi connectivity index (χ4n) is 3.72. The minimum atomic E-state index is -0.0778. The molecular formula is C18H26N2O. The zero-order chi connectivity index (χ0) is 14.7. The third-order valence-electron chi connectivity index (χ3n) is 5.12. The Morgan fingerprint density at radius 2 is 1.90 bits per heavy atom. The quantitative estimate of drug-likeness (QED) is 0.897. The molecule has 1 fully saturated rings. The van der Waals surface area contributed by atoms with Crippen LogP contribution in [0.4, 0.5) is 0 Å². The Hall–Kier alpha value is -1.35.